The molecule has 1 amide bonds. The SMILES string of the molecule is CC.CC.CC.CC.CC.CC(C)C(=O)N1CCCCC1.CC(C)S(=O)(=O)N1CCCCC1.CC(C)c1ccccc1.CC(C)c1ccccn1.CC(C)c1ccncc1. The van der Waals surface area contributed by atoms with Gasteiger partial charge in [0, 0.05) is 56.4 Å². The molecule has 2 aliphatic rings. The third-order valence-electron chi connectivity index (χ3n) is 8.55. The number of carbonyl (C=O) groups is 1. The van der Waals surface area contributed by atoms with E-state index in [1.54, 1.807) is 18.2 Å². The summed E-state index contributed by atoms with van der Waals surface area (Å²) in [6.45, 7) is 43.9. The molecule has 2 aromatic heterocycles. The van der Waals surface area contributed by atoms with Crippen molar-refractivity contribution in [3.8, 4) is 0 Å². The molecule has 2 fully saturated rings. The van der Waals surface area contributed by atoms with Crippen LogP contribution in [0.2, 0.25) is 0 Å². The van der Waals surface area contributed by atoms with E-state index in [2.05, 4.69) is 75.8 Å². The summed E-state index contributed by atoms with van der Waals surface area (Å²) in [5, 5.41) is -0.268. The van der Waals surface area contributed by atoms with Crippen molar-refractivity contribution in [1.82, 2.24) is 19.2 Å². The lowest BCUT2D eigenvalue weighted by molar-refractivity contribution is -0.135. The Labute approximate surface area is 375 Å². The minimum Gasteiger partial charge on any atom is -0.342 e. The summed E-state index contributed by atoms with van der Waals surface area (Å²) in [5.74, 6) is 2.32. The number of benzene rings is 1. The number of hydrogen-bond acceptors (Lipinski definition) is 5. The zero-order valence-corrected chi connectivity index (χ0v) is 43.7. The molecule has 4 heterocycles. The maximum atomic E-state index is 11.6. The summed E-state index contributed by atoms with van der Waals surface area (Å²) in [6.07, 6.45) is 12.4. The van der Waals surface area contributed by atoms with Crippen LogP contribution in [0.5, 0.6) is 0 Å². The van der Waals surface area contributed by atoms with Crippen LogP contribution in [0, 0.1) is 5.92 Å². The molecular weight excluding hydrogens is 761 g/mol. The summed E-state index contributed by atoms with van der Waals surface area (Å²) in [7, 11) is -2.97. The summed E-state index contributed by atoms with van der Waals surface area (Å²) < 4.78 is 24.8. The number of amides is 1. The van der Waals surface area contributed by atoms with Gasteiger partial charge in [0.1, 0.15) is 0 Å². The molecule has 1 aromatic carbocycles. The van der Waals surface area contributed by atoms with Gasteiger partial charge in [-0.3, -0.25) is 14.8 Å². The largest absolute Gasteiger partial charge is 0.342 e. The topological polar surface area (TPSA) is 83.5 Å². The smallest absolute Gasteiger partial charge is 0.225 e. The highest BCUT2D eigenvalue weighted by Gasteiger charge is 2.26. The van der Waals surface area contributed by atoms with Gasteiger partial charge in [-0.2, -0.15) is 0 Å². The molecule has 5 rings (SSSR count). The Morgan fingerprint density at radius 2 is 0.900 bits per heavy atom. The molecule has 0 radical (unpaired) electrons. The maximum Gasteiger partial charge on any atom is 0.225 e. The molecule has 350 valence electrons. The van der Waals surface area contributed by atoms with Crippen LogP contribution in [0.25, 0.3) is 0 Å². The quantitative estimate of drug-likeness (QED) is 0.247. The fourth-order valence-corrected chi connectivity index (χ4v) is 6.56. The van der Waals surface area contributed by atoms with E-state index in [1.165, 1.54) is 36.8 Å². The first-order valence-corrected chi connectivity index (χ1v) is 25.3. The molecule has 0 saturated carbocycles. The van der Waals surface area contributed by atoms with Gasteiger partial charge in [-0.05, 0) is 99.1 Å². The number of piperidine rings is 2. The van der Waals surface area contributed by atoms with Gasteiger partial charge in [-0.25, -0.2) is 12.7 Å². The molecule has 0 bridgehead atoms. The zero-order chi connectivity index (χ0) is 47.5. The monoisotopic (exact) mass is 859 g/mol. The number of aromatic nitrogens is 2. The first-order valence-electron chi connectivity index (χ1n) is 23.8. The van der Waals surface area contributed by atoms with Gasteiger partial charge in [0.25, 0.3) is 0 Å². The number of hydrogen-bond donors (Lipinski definition) is 0. The molecule has 2 aliphatic heterocycles. The summed E-state index contributed by atoms with van der Waals surface area (Å²) in [6, 6.07) is 20.6. The highest BCUT2D eigenvalue weighted by Crippen LogP contribution is 2.16. The van der Waals surface area contributed by atoms with Crippen LogP contribution in [0.4, 0.5) is 0 Å². The lowest BCUT2D eigenvalue weighted by Gasteiger charge is -2.28. The number of sulfonamides is 1. The van der Waals surface area contributed by atoms with Crippen molar-refractivity contribution in [2.24, 2.45) is 5.92 Å². The van der Waals surface area contributed by atoms with Crippen LogP contribution < -0.4 is 0 Å². The average molecular weight is 859 g/mol. The fourth-order valence-electron chi connectivity index (χ4n) is 5.20. The highest BCUT2D eigenvalue weighted by atomic mass is 32.2. The van der Waals surface area contributed by atoms with Crippen molar-refractivity contribution in [1.29, 1.82) is 0 Å². The van der Waals surface area contributed by atoms with Crippen molar-refractivity contribution in [2.45, 2.75) is 200 Å². The highest BCUT2D eigenvalue weighted by molar-refractivity contribution is 7.89. The van der Waals surface area contributed by atoms with Crippen LogP contribution in [-0.4, -0.2) is 64.9 Å². The Balaban J connectivity index is -0.000000200. The van der Waals surface area contributed by atoms with E-state index in [1.807, 2.05) is 143 Å². The molecule has 3 aromatic rings. The molecular formula is C52H98N4O3S. The van der Waals surface area contributed by atoms with E-state index >= 15 is 0 Å². The maximum absolute atomic E-state index is 11.6. The fraction of sp³-hybridized carbons (Fsp3) is 0.673. The van der Waals surface area contributed by atoms with E-state index in [-0.39, 0.29) is 11.2 Å². The molecule has 0 spiro atoms. The third kappa shape index (κ3) is 33.6. The second kappa shape index (κ2) is 45.4. The second-order valence-electron chi connectivity index (χ2n) is 14.5. The standard InChI is InChI=1S/C9H17NO.C9H12.C8H17NO2S.2C8H11N.5C2H6/c1-8(2)9(11)10-6-4-3-5-7-10;1-8(2)9-6-4-3-5-7-9;1-8(2)12(10,11)9-6-4-3-5-7-9;1-7(2)8-3-5-9-6-4-8;1-7(2)8-5-3-4-6-9-8;5*1-2/h8H,3-7H2,1-2H3;3-8H,1-2H3;8H,3-7H2,1-2H3;2*3-7H,1-2H3;5*1-2H3. The van der Waals surface area contributed by atoms with Gasteiger partial charge in [-0.15, -0.1) is 0 Å². The predicted molar refractivity (Wildman–Crippen MR) is 269 cm³/mol. The molecule has 8 heteroatoms. The van der Waals surface area contributed by atoms with Gasteiger partial charge in [0.05, 0.1) is 5.25 Å². The van der Waals surface area contributed by atoms with Crippen molar-refractivity contribution in [3.05, 3.63) is 96.1 Å². The lowest BCUT2D eigenvalue weighted by atomic mass is 10.0. The van der Waals surface area contributed by atoms with Crippen LogP contribution in [0.15, 0.2) is 79.3 Å². The van der Waals surface area contributed by atoms with Crippen LogP contribution in [-0.2, 0) is 14.8 Å². The zero-order valence-electron chi connectivity index (χ0n) is 42.9. The average Bonchev–Trinajstić information content (AvgIpc) is 3.31. The molecule has 0 N–H and O–H groups in total. The third-order valence-corrected chi connectivity index (χ3v) is 10.8. The predicted octanol–water partition coefficient (Wildman–Crippen LogP) is 15.2. The Bertz CT molecular complexity index is 1270. The summed E-state index contributed by atoms with van der Waals surface area (Å²) in [5.41, 5.74) is 3.93. The number of carbonyl (C=O) groups excluding carboxylic acids is 1. The number of nitrogens with zero attached hydrogens (tertiary/aromatic N) is 4. The normalized spacial score (nSPS) is 12.8. The van der Waals surface area contributed by atoms with E-state index in [0.29, 0.717) is 23.7 Å². The Morgan fingerprint density at radius 3 is 1.20 bits per heavy atom. The first kappa shape index (κ1) is 66.0. The van der Waals surface area contributed by atoms with Crippen molar-refractivity contribution in [3.63, 3.8) is 0 Å². The Morgan fingerprint density at radius 1 is 0.500 bits per heavy atom. The van der Waals surface area contributed by atoms with Gasteiger partial charge < -0.3 is 4.90 Å². The summed E-state index contributed by atoms with van der Waals surface area (Å²) >= 11 is 0. The van der Waals surface area contributed by atoms with E-state index in [4.69, 9.17) is 0 Å². The molecule has 0 atom stereocenters. The number of rotatable bonds is 6. The van der Waals surface area contributed by atoms with E-state index < -0.39 is 10.0 Å². The molecule has 7 nitrogen and oxygen atoms in total. The minimum atomic E-state index is -2.97. The second-order valence-corrected chi connectivity index (χ2v) is 17.0. The Kier molecular flexibility index (Phi) is 50.0. The molecule has 0 aliphatic carbocycles. The molecule has 0 unspecified atom stereocenters. The summed E-state index contributed by atoms with van der Waals surface area (Å²) in [4.78, 5) is 21.5. The van der Waals surface area contributed by atoms with Crippen molar-refractivity contribution in [2.75, 3.05) is 26.2 Å². The van der Waals surface area contributed by atoms with E-state index in [0.717, 1.165) is 44.7 Å². The number of likely N-dealkylation sites (tertiary alicyclic amines) is 1. The number of pyridine rings is 2. The van der Waals surface area contributed by atoms with Crippen molar-refractivity contribution < 1.29 is 13.2 Å². The van der Waals surface area contributed by atoms with Gasteiger partial charge in [0.15, 0.2) is 0 Å². The van der Waals surface area contributed by atoms with Gasteiger partial charge in [0.2, 0.25) is 15.9 Å². The van der Waals surface area contributed by atoms with E-state index in [9.17, 15) is 13.2 Å². The Hall–Kier alpha value is -3.10. The van der Waals surface area contributed by atoms with Crippen LogP contribution in [0.1, 0.15) is 212 Å². The minimum absolute atomic E-state index is 0.174. The van der Waals surface area contributed by atoms with Crippen molar-refractivity contribution >= 4 is 15.9 Å². The molecule has 2 saturated heterocycles. The van der Waals surface area contributed by atoms with Gasteiger partial charge in [-0.1, -0.05) is 167 Å². The molecule has 60 heavy (non-hydrogen) atoms. The van der Waals surface area contributed by atoms with Gasteiger partial charge >= 0.3 is 0 Å². The van der Waals surface area contributed by atoms with Crippen LogP contribution in [0.3, 0.4) is 0 Å². The lowest BCUT2D eigenvalue weighted by Crippen LogP contribution is -2.39. The first-order chi connectivity index (χ1) is 28.7. The van der Waals surface area contributed by atoms with Crippen LogP contribution >= 0.6 is 0 Å².